The van der Waals surface area contributed by atoms with Crippen molar-refractivity contribution in [1.29, 1.82) is 0 Å². The first-order valence-electron chi connectivity index (χ1n) is 6.20. The maximum absolute atomic E-state index is 11.8. The number of nitrogens with one attached hydrogen (secondary N) is 2. The third-order valence-corrected chi connectivity index (χ3v) is 3.60. The topological polar surface area (TPSA) is 101 Å². The van der Waals surface area contributed by atoms with Crippen molar-refractivity contribution < 1.29 is 13.2 Å². The number of hydrogen-bond acceptors (Lipinski definition) is 4. The Morgan fingerprint density at radius 3 is 2.25 bits per heavy atom. The molecule has 1 aromatic rings. The van der Waals surface area contributed by atoms with Crippen molar-refractivity contribution in [3.05, 3.63) is 29.8 Å². The molecule has 0 radical (unpaired) electrons. The van der Waals surface area contributed by atoms with Gasteiger partial charge >= 0.3 is 0 Å². The van der Waals surface area contributed by atoms with Gasteiger partial charge in [0.2, 0.25) is 15.9 Å². The van der Waals surface area contributed by atoms with Crippen LogP contribution in [0.5, 0.6) is 0 Å². The lowest BCUT2D eigenvalue weighted by Crippen LogP contribution is -2.45. The second-order valence-corrected chi connectivity index (χ2v) is 7.43. The van der Waals surface area contributed by atoms with Gasteiger partial charge in [-0.25, -0.2) is 13.1 Å². The van der Waals surface area contributed by atoms with Crippen molar-refractivity contribution in [1.82, 2.24) is 10.0 Å². The average molecular weight is 299 g/mol. The van der Waals surface area contributed by atoms with E-state index in [2.05, 4.69) is 10.0 Å². The monoisotopic (exact) mass is 299 g/mol. The number of anilines is 1. The fourth-order valence-corrected chi connectivity index (χ4v) is 2.61. The zero-order chi connectivity index (χ0) is 15.4. The summed E-state index contributed by atoms with van der Waals surface area (Å²) in [5.41, 5.74) is 6.33. The lowest BCUT2D eigenvalue weighted by Gasteiger charge is -2.20. The lowest BCUT2D eigenvalue weighted by molar-refractivity contribution is -0.121. The van der Waals surface area contributed by atoms with Crippen LogP contribution in [-0.4, -0.2) is 26.4 Å². The maximum atomic E-state index is 11.8. The van der Waals surface area contributed by atoms with Crippen LogP contribution in [0, 0.1) is 0 Å². The summed E-state index contributed by atoms with van der Waals surface area (Å²) in [6.45, 7) is 5.21. The number of nitrogen functional groups attached to an aromatic ring is 1. The van der Waals surface area contributed by atoms with E-state index in [9.17, 15) is 13.2 Å². The Balaban J connectivity index is 2.54. The van der Waals surface area contributed by atoms with Gasteiger partial charge < -0.3 is 11.1 Å². The van der Waals surface area contributed by atoms with Gasteiger partial charge in [-0.3, -0.25) is 4.79 Å². The SMILES string of the molecule is CC(C)(C)NC(=O)CNS(=O)(=O)Cc1ccc(N)cc1. The van der Waals surface area contributed by atoms with Crippen molar-refractivity contribution >= 4 is 21.6 Å². The normalized spacial score (nSPS) is 12.2. The zero-order valence-electron chi connectivity index (χ0n) is 11.9. The predicted molar refractivity (Wildman–Crippen MR) is 79.4 cm³/mol. The molecule has 7 heteroatoms. The molecule has 0 aromatic heterocycles. The summed E-state index contributed by atoms with van der Waals surface area (Å²) in [5, 5.41) is 2.68. The second kappa shape index (κ2) is 6.23. The minimum Gasteiger partial charge on any atom is -0.399 e. The third kappa shape index (κ3) is 6.53. The summed E-state index contributed by atoms with van der Waals surface area (Å²) < 4.78 is 25.9. The highest BCUT2D eigenvalue weighted by atomic mass is 32.2. The number of benzene rings is 1. The molecular formula is C13H21N3O3S. The first-order chi connectivity index (χ1) is 9.07. The van der Waals surface area contributed by atoms with E-state index in [1.807, 2.05) is 20.8 Å². The van der Waals surface area contributed by atoms with E-state index in [4.69, 9.17) is 5.73 Å². The standard InChI is InChI=1S/C13H21N3O3S/c1-13(2,3)16-12(17)8-15-20(18,19)9-10-4-6-11(14)7-5-10/h4-7,15H,8-9,14H2,1-3H3,(H,16,17). The molecule has 0 aliphatic rings. The van der Waals surface area contributed by atoms with Gasteiger partial charge in [0.15, 0.2) is 0 Å². The minimum absolute atomic E-state index is 0.184. The Morgan fingerprint density at radius 1 is 1.20 bits per heavy atom. The van der Waals surface area contributed by atoms with Crippen molar-refractivity contribution in [2.45, 2.75) is 32.1 Å². The van der Waals surface area contributed by atoms with Gasteiger partial charge in [-0.2, -0.15) is 0 Å². The number of rotatable bonds is 5. The number of carbonyl (C=O) groups excluding carboxylic acids is 1. The molecule has 1 aromatic carbocycles. The molecule has 0 bridgehead atoms. The summed E-state index contributed by atoms with van der Waals surface area (Å²) in [6, 6.07) is 6.56. The van der Waals surface area contributed by atoms with Crippen molar-refractivity contribution in [2.24, 2.45) is 0 Å². The van der Waals surface area contributed by atoms with Gasteiger partial charge in [0.05, 0.1) is 12.3 Å². The summed E-state index contributed by atoms with van der Waals surface area (Å²) in [7, 11) is -3.55. The van der Waals surface area contributed by atoms with E-state index in [0.717, 1.165) is 0 Å². The van der Waals surface area contributed by atoms with E-state index in [0.29, 0.717) is 11.3 Å². The van der Waals surface area contributed by atoms with Gasteiger partial charge in [-0.1, -0.05) is 12.1 Å². The Morgan fingerprint density at radius 2 is 1.75 bits per heavy atom. The highest BCUT2D eigenvalue weighted by Gasteiger charge is 2.17. The Bertz CT molecular complexity index is 560. The van der Waals surface area contributed by atoms with Gasteiger partial charge in [0.25, 0.3) is 0 Å². The summed E-state index contributed by atoms with van der Waals surface area (Å²) >= 11 is 0. The molecule has 20 heavy (non-hydrogen) atoms. The van der Waals surface area contributed by atoms with Crippen molar-refractivity contribution in [2.75, 3.05) is 12.3 Å². The summed E-state index contributed by atoms with van der Waals surface area (Å²) in [5.74, 6) is -0.547. The number of amides is 1. The molecule has 0 atom stereocenters. The molecule has 0 aliphatic heterocycles. The van der Waals surface area contributed by atoms with Crippen molar-refractivity contribution in [3.63, 3.8) is 0 Å². The molecule has 0 unspecified atom stereocenters. The quantitative estimate of drug-likeness (QED) is 0.693. The molecule has 1 rings (SSSR count). The summed E-state index contributed by atoms with van der Waals surface area (Å²) in [4.78, 5) is 11.5. The second-order valence-electron chi connectivity index (χ2n) is 5.62. The third-order valence-electron chi connectivity index (χ3n) is 2.30. The van der Waals surface area contributed by atoms with Gasteiger partial charge in [0.1, 0.15) is 0 Å². The van der Waals surface area contributed by atoms with E-state index in [1.165, 1.54) is 0 Å². The lowest BCUT2D eigenvalue weighted by atomic mass is 10.1. The molecule has 0 aliphatic carbocycles. The minimum atomic E-state index is -3.55. The zero-order valence-corrected chi connectivity index (χ0v) is 12.8. The molecular weight excluding hydrogens is 278 g/mol. The molecule has 0 heterocycles. The predicted octanol–water partition coefficient (Wildman–Crippen LogP) is 0.603. The molecule has 112 valence electrons. The largest absolute Gasteiger partial charge is 0.399 e. The molecule has 6 nitrogen and oxygen atoms in total. The van der Waals surface area contributed by atoms with Crippen LogP contribution in [0.1, 0.15) is 26.3 Å². The molecule has 0 spiro atoms. The number of carbonyl (C=O) groups is 1. The number of sulfonamides is 1. The van der Waals surface area contributed by atoms with E-state index in [1.54, 1.807) is 24.3 Å². The smallest absolute Gasteiger partial charge is 0.235 e. The van der Waals surface area contributed by atoms with Crippen LogP contribution in [0.2, 0.25) is 0 Å². The average Bonchev–Trinajstić information content (AvgIpc) is 2.27. The number of hydrogen-bond donors (Lipinski definition) is 3. The van der Waals surface area contributed by atoms with Crippen LogP contribution in [-0.2, 0) is 20.6 Å². The Labute approximate surface area is 119 Å². The molecule has 4 N–H and O–H groups in total. The van der Waals surface area contributed by atoms with Crippen LogP contribution in [0.15, 0.2) is 24.3 Å². The van der Waals surface area contributed by atoms with Crippen LogP contribution < -0.4 is 15.8 Å². The molecule has 0 saturated carbocycles. The fraction of sp³-hybridized carbons (Fsp3) is 0.462. The first kappa shape index (κ1) is 16.5. The highest BCUT2D eigenvalue weighted by Crippen LogP contribution is 2.08. The highest BCUT2D eigenvalue weighted by molar-refractivity contribution is 7.88. The van der Waals surface area contributed by atoms with Crippen LogP contribution in [0.3, 0.4) is 0 Å². The van der Waals surface area contributed by atoms with E-state index in [-0.39, 0.29) is 23.7 Å². The maximum Gasteiger partial charge on any atom is 0.235 e. The molecule has 0 saturated heterocycles. The van der Waals surface area contributed by atoms with Gasteiger partial charge in [-0.05, 0) is 38.5 Å². The van der Waals surface area contributed by atoms with Crippen molar-refractivity contribution in [3.8, 4) is 0 Å². The number of nitrogens with two attached hydrogens (primary N) is 1. The molecule has 1 amide bonds. The van der Waals surface area contributed by atoms with Crippen LogP contribution >= 0.6 is 0 Å². The molecule has 0 fully saturated rings. The van der Waals surface area contributed by atoms with Crippen LogP contribution in [0.25, 0.3) is 0 Å². The van der Waals surface area contributed by atoms with E-state index < -0.39 is 10.0 Å². The Hall–Kier alpha value is -1.60. The Kier molecular flexibility index (Phi) is 5.13. The van der Waals surface area contributed by atoms with E-state index >= 15 is 0 Å². The first-order valence-corrected chi connectivity index (χ1v) is 7.85. The van der Waals surface area contributed by atoms with Gasteiger partial charge in [0, 0.05) is 11.2 Å². The fourth-order valence-electron chi connectivity index (χ4n) is 1.52. The summed E-state index contributed by atoms with van der Waals surface area (Å²) in [6.07, 6.45) is 0. The van der Waals surface area contributed by atoms with Crippen LogP contribution in [0.4, 0.5) is 5.69 Å². The van der Waals surface area contributed by atoms with Gasteiger partial charge in [-0.15, -0.1) is 0 Å².